The zero-order valence-corrected chi connectivity index (χ0v) is 9.58. The van der Waals surface area contributed by atoms with E-state index in [1.54, 1.807) is 19.2 Å². The number of ether oxygens (including phenoxy) is 1. The summed E-state index contributed by atoms with van der Waals surface area (Å²) in [4.78, 5) is 2.02. The molecule has 0 fully saturated rings. The van der Waals surface area contributed by atoms with Crippen molar-refractivity contribution in [3.05, 3.63) is 28.8 Å². The van der Waals surface area contributed by atoms with Gasteiger partial charge in [0.1, 0.15) is 6.07 Å². The molecule has 0 atom stereocenters. The quantitative estimate of drug-likeness (QED) is 0.788. The molecule has 0 aliphatic rings. The summed E-state index contributed by atoms with van der Waals surface area (Å²) >= 11 is 5.93. The van der Waals surface area contributed by atoms with Crippen LogP contribution >= 0.6 is 11.6 Å². The van der Waals surface area contributed by atoms with Crippen molar-refractivity contribution in [3.63, 3.8) is 0 Å². The van der Waals surface area contributed by atoms with Gasteiger partial charge in [-0.25, -0.2) is 0 Å². The van der Waals surface area contributed by atoms with Gasteiger partial charge in [-0.1, -0.05) is 11.6 Å². The summed E-state index contributed by atoms with van der Waals surface area (Å²) in [5, 5.41) is 9.21. The SMILES string of the molecule is COCCN(C)c1ccc(C#N)c(Cl)c1. The molecular formula is C11H13ClN2O. The molecule has 0 aliphatic heterocycles. The number of halogens is 1. The second-order valence-corrected chi connectivity index (χ2v) is 3.60. The first-order valence-corrected chi connectivity index (χ1v) is 4.96. The van der Waals surface area contributed by atoms with Gasteiger partial charge in [-0.15, -0.1) is 0 Å². The number of hydrogen-bond donors (Lipinski definition) is 0. The van der Waals surface area contributed by atoms with Crippen LogP contribution in [0.25, 0.3) is 0 Å². The average molecular weight is 225 g/mol. The second-order valence-electron chi connectivity index (χ2n) is 3.19. The molecule has 4 heteroatoms. The number of likely N-dealkylation sites (N-methyl/N-ethyl adjacent to an activating group) is 1. The van der Waals surface area contributed by atoms with Gasteiger partial charge in [-0.3, -0.25) is 0 Å². The van der Waals surface area contributed by atoms with Gasteiger partial charge in [0.15, 0.2) is 0 Å². The smallest absolute Gasteiger partial charge is 0.101 e. The van der Waals surface area contributed by atoms with E-state index < -0.39 is 0 Å². The second kappa shape index (κ2) is 5.59. The lowest BCUT2D eigenvalue weighted by molar-refractivity contribution is 0.206. The lowest BCUT2D eigenvalue weighted by atomic mass is 10.2. The molecular weight excluding hydrogens is 212 g/mol. The number of hydrogen-bond acceptors (Lipinski definition) is 3. The molecule has 0 bridgehead atoms. The Bertz CT molecular complexity index is 373. The van der Waals surface area contributed by atoms with Crippen molar-refractivity contribution in [1.29, 1.82) is 5.26 Å². The molecule has 0 saturated carbocycles. The molecule has 80 valence electrons. The molecule has 0 spiro atoms. The highest BCUT2D eigenvalue weighted by Crippen LogP contribution is 2.22. The van der Waals surface area contributed by atoms with E-state index in [9.17, 15) is 0 Å². The van der Waals surface area contributed by atoms with Gasteiger partial charge in [0.2, 0.25) is 0 Å². The van der Waals surface area contributed by atoms with Crippen LogP contribution in [-0.2, 0) is 4.74 Å². The third kappa shape index (κ3) is 3.12. The van der Waals surface area contributed by atoms with E-state index in [2.05, 4.69) is 0 Å². The molecule has 1 aromatic carbocycles. The first-order chi connectivity index (χ1) is 7.19. The molecule has 1 rings (SSSR count). The molecule has 0 heterocycles. The van der Waals surface area contributed by atoms with Crippen molar-refractivity contribution in [2.45, 2.75) is 0 Å². The molecule has 15 heavy (non-hydrogen) atoms. The van der Waals surface area contributed by atoms with Crippen molar-refractivity contribution in [1.82, 2.24) is 0 Å². The minimum Gasteiger partial charge on any atom is -0.383 e. The molecule has 0 amide bonds. The standard InChI is InChI=1S/C11H13ClN2O/c1-14(5-6-15-2)10-4-3-9(8-13)11(12)7-10/h3-4,7H,5-6H2,1-2H3. The number of methoxy groups -OCH3 is 1. The summed E-state index contributed by atoms with van der Waals surface area (Å²) in [6.07, 6.45) is 0. The van der Waals surface area contributed by atoms with Gasteiger partial charge in [0.25, 0.3) is 0 Å². The lowest BCUT2D eigenvalue weighted by Crippen LogP contribution is -2.21. The fraction of sp³-hybridized carbons (Fsp3) is 0.364. The maximum absolute atomic E-state index is 8.72. The van der Waals surface area contributed by atoms with E-state index in [0.717, 1.165) is 12.2 Å². The molecule has 1 aromatic rings. The van der Waals surface area contributed by atoms with E-state index in [4.69, 9.17) is 21.6 Å². The normalized spacial score (nSPS) is 9.73. The van der Waals surface area contributed by atoms with Crippen LogP contribution in [0.5, 0.6) is 0 Å². The Kier molecular flexibility index (Phi) is 4.41. The summed E-state index contributed by atoms with van der Waals surface area (Å²) in [7, 11) is 3.62. The Morgan fingerprint density at radius 2 is 2.27 bits per heavy atom. The van der Waals surface area contributed by atoms with Gasteiger partial charge in [0, 0.05) is 26.4 Å². The largest absolute Gasteiger partial charge is 0.383 e. The number of rotatable bonds is 4. The zero-order valence-electron chi connectivity index (χ0n) is 8.83. The average Bonchev–Trinajstić information content (AvgIpc) is 2.25. The van der Waals surface area contributed by atoms with Crippen molar-refractivity contribution in [3.8, 4) is 6.07 Å². The Balaban J connectivity index is 2.79. The van der Waals surface area contributed by atoms with Crippen molar-refractivity contribution < 1.29 is 4.74 Å². The van der Waals surface area contributed by atoms with Crippen LogP contribution in [0.15, 0.2) is 18.2 Å². The summed E-state index contributed by atoms with van der Waals surface area (Å²) in [5.74, 6) is 0. The third-order valence-corrected chi connectivity index (χ3v) is 2.46. The molecule has 0 aliphatic carbocycles. The van der Waals surface area contributed by atoms with Crippen LogP contribution in [0.3, 0.4) is 0 Å². The van der Waals surface area contributed by atoms with Gasteiger partial charge < -0.3 is 9.64 Å². The highest BCUT2D eigenvalue weighted by atomic mass is 35.5. The van der Waals surface area contributed by atoms with Crippen LogP contribution in [-0.4, -0.2) is 27.3 Å². The van der Waals surface area contributed by atoms with Crippen molar-refractivity contribution >= 4 is 17.3 Å². The van der Waals surface area contributed by atoms with E-state index in [-0.39, 0.29) is 0 Å². The number of anilines is 1. The van der Waals surface area contributed by atoms with E-state index in [1.165, 1.54) is 0 Å². The van der Waals surface area contributed by atoms with Crippen LogP contribution in [0.2, 0.25) is 5.02 Å². The van der Waals surface area contributed by atoms with Crippen LogP contribution in [0, 0.1) is 11.3 Å². The minimum atomic E-state index is 0.485. The van der Waals surface area contributed by atoms with Crippen LogP contribution < -0.4 is 4.90 Å². The Morgan fingerprint density at radius 3 is 2.80 bits per heavy atom. The topological polar surface area (TPSA) is 36.3 Å². The maximum atomic E-state index is 8.72. The fourth-order valence-electron chi connectivity index (χ4n) is 1.19. The number of nitrogens with zero attached hydrogens (tertiary/aromatic N) is 2. The number of nitriles is 1. The van der Waals surface area contributed by atoms with E-state index in [0.29, 0.717) is 17.2 Å². The van der Waals surface area contributed by atoms with Gasteiger partial charge >= 0.3 is 0 Å². The molecule has 0 saturated heterocycles. The summed E-state index contributed by atoms with van der Waals surface area (Å²) in [6, 6.07) is 7.42. The highest BCUT2D eigenvalue weighted by molar-refractivity contribution is 6.32. The predicted molar refractivity (Wildman–Crippen MR) is 61.3 cm³/mol. The minimum absolute atomic E-state index is 0.485. The van der Waals surface area contributed by atoms with E-state index in [1.807, 2.05) is 24.1 Å². The molecule has 0 aromatic heterocycles. The predicted octanol–water partition coefficient (Wildman–Crippen LogP) is 2.29. The van der Waals surface area contributed by atoms with E-state index >= 15 is 0 Å². The Morgan fingerprint density at radius 1 is 1.53 bits per heavy atom. The monoisotopic (exact) mass is 224 g/mol. The van der Waals surface area contributed by atoms with Gasteiger partial charge in [-0.2, -0.15) is 5.26 Å². The van der Waals surface area contributed by atoms with Crippen molar-refractivity contribution in [2.75, 3.05) is 32.2 Å². The third-order valence-electron chi connectivity index (χ3n) is 2.14. The van der Waals surface area contributed by atoms with Gasteiger partial charge in [-0.05, 0) is 18.2 Å². The molecule has 0 radical (unpaired) electrons. The lowest BCUT2D eigenvalue weighted by Gasteiger charge is -2.19. The first kappa shape index (κ1) is 11.8. The first-order valence-electron chi connectivity index (χ1n) is 4.58. The summed E-state index contributed by atoms with van der Waals surface area (Å²) in [6.45, 7) is 1.45. The molecule has 3 nitrogen and oxygen atoms in total. The van der Waals surface area contributed by atoms with Crippen LogP contribution in [0.1, 0.15) is 5.56 Å². The molecule has 0 N–H and O–H groups in total. The Hall–Kier alpha value is -1.24. The zero-order chi connectivity index (χ0) is 11.3. The van der Waals surface area contributed by atoms with Gasteiger partial charge in [0.05, 0.1) is 17.2 Å². The Labute approximate surface area is 94.8 Å². The highest BCUT2D eigenvalue weighted by Gasteiger charge is 2.04. The molecule has 0 unspecified atom stereocenters. The number of benzene rings is 1. The summed E-state index contributed by atoms with van der Waals surface area (Å²) < 4.78 is 4.98. The van der Waals surface area contributed by atoms with Crippen molar-refractivity contribution in [2.24, 2.45) is 0 Å². The van der Waals surface area contributed by atoms with Crippen LogP contribution in [0.4, 0.5) is 5.69 Å². The maximum Gasteiger partial charge on any atom is 0.101 e. The fourth-order valence-corrected chi connectivity index (χ4v) is 1.41. The summed E-state index contributed by atoms with van der Waals surface area (Å²) in [5.41, 5.74) is 1.48.